The van der Waals surface area contributed by atoms with E-state index < -0.39 is 0 Å². The van der Waals surface area contributed by atoms with Crippen LogP contribution in [-0.2, 0) is 0 Å². The van der Waals surface area contributed by atoms with Crippen molar-refractivity contribution in [2.75, 3.05) is 31.6 Å². The maximum absolute atomic E-state index is 10.6. The van der Waals surface area contributed by atoms with E-state index in [0.717, 1.165) is 31.7 Å². The lowest BCUT2D eigenvalue weighted by Crippen LogP contribution is -2.34. The minimum atomic E-state index is -0.360. The third kappa shape index (κ3) is 2.61. The highest BCUT2D eigenvalue weighted by atomic mass is 16.6. The van der Waals surface area contributed by atoms with E-state index in [9.17, 15) is 10.1 Å². The zero-order chi connectivity index (χ0) is 13.1. The Bertz CT molecular complexity index is 419. The number of rotatable bonds is 4. The lowest BCUT2D eigenvalue weighted by Gasteiger charge is -2.23. The summed E-state index contributed by atoms with van der Waals surface area (Å²) in [4.78, 5) is 14.9. The molecule has 2 rings (SSSR count). The van der Waals surface area contributed by atoms with Gasteiger partial charge < -0.3 is 9.80 Å². The predicted octanol–water partition coefficient (Wildman–Crippen LogP) is 2.13. The van der Waals surface area contributed by atoms with Gasteiger partial charge in [-0.25, -0.2) is 0 Å². The van der Waals surface area contributed by atoms with Crippen molar-refractivity contribution in [3.05, 3.63) is 34.4 Å². The molecule has 1 aromatic carbocycles. The third-order valence-corrected chi connectivity index (χ3v) is 3.71. The molecule has 98 valence electrons. The van der Waals surface area contributed by atoms with Crippen LogP contribution in [0.1, 0.15) is 13.3 Å². The van der Waals surface area contributed by atoms with Crippen LogP contribution >= 0.6 is 0 Å². The molecule has 1 heterocycles. The van der Waals surface area contributed by atoms with Crippen molar-refractivity contribution in [1.82, 2.24) is 4.90 Å². The second kappa shape index (κ2) is 5.35. The highest BCUT2D eigenvalue weighted by molar-refractivity contribution is 5.51. The summed E-state index contributed by atoms with van der Waals surface area (Å²) in [5, 5.41) is 10.6. The third-order valence-electron chi connectivity index (χ3n) is 3.71. The van der Waals surface area contributed by atoms with Gasteiger partial charge in [0.15, 0.2) is 0 Å². The van der Waals surface area contributed by atoms with Crippen molar-refractivity contribution in [1.29, 1.82) is 0 Å². The molecule has 1 atom stereocenters. The standard InChI is InChI=1S/C13H19N3O2/c1-3-14(2)13-8-9-15(10-13)11-4-6-12(7-5-11)16(17)18/h4-7,13H,3,8-10H2,1-2H3. The van der Waals surface area contributed by atoms with Crippen LogP contribution in [0.2, 0.25) is 0 Å². The molecule has 0 bridgehead atoms. The van der Waals surface area contributed by atoms with Gasteiger partial charge in [0.05, 0.1) is 4.92 Å². The summed E-state index contributed by atoms with van der Waals surface area (Å²) in [6, 6.07) is 7.42. The van der Waals surface area contributed by atoms with Crippen LogP contribution in [0.15, 0.2) is 24.3 Å². The van der Waals surface area contributed by atoms with Gasteiger partial charge in [0.2, 0.25) is 0 Å². The van der Waals surface area contributed by atoms with E-state index in [1.807, 2.05) is 12.1 Å². The molecule has 18 heavy (non-hydrogen) atoms. The molecule has 1 aliphatic rings. The van der Waals surface area contributed by atoms with E-state index in [2.05, 4.69) is 23.8 Å². The van der Waals surface area contributed by atoms with Crippen LogP contribution in [0.4, 0.5) is 11.4 Å². The topological polar surface area (TPSA) is 49.6 Å². The molecule has 0 amide bonds. The first-order chi connectivity index (χ1) is 8.61. The summed E-state index contributed by atoms with van der Waals surface area (Å²) < 4.78 is 0. The van der Waals surface area contributed by atoms with E-state index in [0.29, 0.717) is 6.04 Å². The Balaban J connectivity index is 2.03. The van der Waals surface area contributed by atoms with Crippen molar-refractivity contribution in [2.24, 2.45) is 0 Å². The molecule has 5 heteroatoms. The molecule has 1 fully saturated rings. The Hall–Kier alpha value is -1.62. The van der Waals surface area contributed by atoms with Gasteiger partial charge in [0.1, 0.15) is 0 Å². The zero-order valence-electron chi connectivity index (χ0n) is 10.9. The summed E-state index contributed by atoms with van der Waals surface area (Å²) in [6.07, 6.45) is 1.15. The van der Waals surface area contributed by atoms with E-state index in [4.69, 9.17) is 0 Å². The number of nitro groups is 1. The molecule has 0 spiro atoms. The minimum Gasteiger partial charge on any atom is -0.370 e. The minimum absolute atomic E-state index is 0.153. The first kappa shape index (κ1) is 12.8. The second-order valence-corrected chi connectivity index (χ2v) is 4.74. The number of hydrogen-bond acceptors (Lipinski definition) is 4. The molecule has 1 saturated heterocycles. The van der Waals surface area contributed by atoms with Gasteiger partial charge in [0, 0.05) is 37.0 Å². The van der Waals surface area contributed by atoms with Gasteiger partial charge in [-0.05, 0) is 32.1 Å². The highest BCUT2D eigenvalue weighted by Gasteiger charge is 2.25. The summed E-state index contributed by atoms with van der Waals surface area (Å²) >= 11 is 0. The monoisotopic (exact) mass is 249 g/mol. The summed E-state index contributed by atoms with van der Waals surface area (Å²) in [7, 11) is 2.14. The fraction of sp³-hybridized carbons (Fsp3) is 0.538. The summed E-state index contributed by atoms with van der Waals surface area (Å²) in [5.74, 6) is 0. The quantitative estimate of drug-likeness (QED) is 0.606. The van der Waals surface area contributed by atoms with Crippen molar-refractivity contribution >= 4 is 11.4 Å². The molecular weight excluding hydrogens is 230 g/mol. The van der Waals surface area contributed by atoms with Crippen molar-refractivity contribution in [3.8, 4) is 0 Å². The fourth-order valence-corrected chi connectivity index (χ4v) is 2.38. The molecule has 0 saturated carbocycles. The lowest BCUT2D eigenvalue weighted by molar-refractivity contribution is -0.384. The van der Waals surface area contributed by atoms with Gasteiger partial charge in [0.25, 0.3) is 5.69 Å². The van der Waals surface area contributed by atoms with Crippen LogP contribution in [0.25, 0.3) is 0 Å². The Morgan fingerprint density at radius 3 is 2.67 bits per heavy atom. The van der Waals surface area contributed by atoms with Gasteiger partial charge >= 0.3 is 0 Å². The smallest absolute Gasteiger partial charge is 0.269 e. The Kier molecular flexibility index (Phi) is 3.81. The molecule has 1 aliphatic heterocycles. The molecule has 5 nitrogen and oxygen atoms in total. The molecule has 0 radical (unpaired) electrons. The Morgan fingerprint density at radius 1 is 1.44 bits per heavy atom. The van der Waals surface area contributed by atoms with Gasteiger partial charge in [-0.1, -0.05) is 6.92 Å². The maximum Gasteiger partial charge on any atom is 0.269 e. The molecule has 0 aromatic heterocycles. The SMILES string of the molecule is CCN(C)C1CCN(c2ccc([N+](=O)[O-])cc2)C1. The van der Waals surface area contributed by atoms with E-state index >= 15 is 0 Å². The number of hydrogen-bond donors (Lipinski definition) is 0. The van der Waals surface area contributed by atoms with E-state index in [-0.39, 0.29) is 10.6 Å². The van der Waals surface area contributed by atoms with Crippen LogP contribution in [0.5, 0.6) is 0 Å². The molecule has 0 aliphatic carbocycles. The molecule has 0 N–H and O–H groups in total. The first-order valence-corrected chi connectivity index (χ1v) is 6.31. The van der Waals surface area contributed by atoms with E-state index in [1.165, 1.54) is 0 Å². The van der Waals surface area contributed by atoms with Crippen LogP contribution in [0.3, 0.4) is 0 Å². The van der Waals surface area contributed by atoms with Gasteiger partial charge in [-0.15, -0.1) is 0 Å². The molecule has 1 aromatic rings. The number of nitro benzene ring substituents is 1. The van der Waals surface area contributed by atoms with Crippen molar-refractivity contribution in [3.63, 3.8) is 0 Å². The van der Waals surface area contributed by atoms with Gasteiger partial charge in [-0.3, -0.25) is 10.1 Å². The highest BCUT2D eigenvalue weighted by Crippen LogP contribution is 2.24. The van der Waals surface area contributed by atoms with Crippen LogP contribution in [0, 0.1) is 10.1 Å². The summed E-state index contributed by atoms with van der Waals surface area (Å²) in [5.41, 5.74) is 1.23. The zero-order valence-corrected chi connectivity index (χ0v) is 10.9. The van der Waals surface area contributed by atoms with Crippen LogP contribution in [-0.4, -0.2) is 42.5 Å². The average molecular weight is 249 g/mol. The molecular formula is C13H19N3O2. The average Bonchev–Trinajstić information content (AvgIpc) is 2.87. The number of likely N-dealkylation sites (N-methyl/N-ethyl adjacent to an activating group) is 1. The maximum atomic E-state index is 10.6. The number of non-ortho nitro benzene ring substituents is 1. The fourth-order valence-electron chi connectivity index (χ4n) is 2.38. The largest absolute Gasteiger partial charge is 0.370 e. The van der Waals surface area contributed by atoms with Gasteiger partial charge in [-0.2, -0.15) is 0 Å². The lowest BCUT2D eigenvalue weighted by atomic mass is 10.2. The van der Waals surface area contributed by atoms with Crippen molar-refractivity contribution < 1.29 is 4.92 Å². The second-order valence-electron chi connectivity index (χ2n) is 4.74. The number of nitrogens with zero attached hydrogens (tertiary/aromatic N) is 3. The normalized spacial score (nSPS) is 19.5. The van der Waals surface area contributed by atoms with Crippen molar-refractivity contribution in [2.45, 2.75) is 19.4 Å². The Labute approximate surface area is 107 Å². The molecule has 1 unspecified atom stereocenters. The number of anilines is 1. The summed E-state index contributed by atoms with van der Waals surface area (Å²) in [6.45, 7) is 5.24. The Morgan fingerprint density at radius 2 is 2.11 bits per heavy atom. The van der Waals surface area contributed by atoms with E-state index in [1.54, 1.807) is 12.1 Å². The predicted molar refractivity (Wildman–Crippen MR) is 72.0 cm³/mol. The van der Waals surface area contributed by atoms with Crippen LogP contribution < -0.4 is 4.90 Å². The number of benzene rings is 1. The first-order valence-electron chi connectivity index (χ1n) is 6.31.